The summed E-state index contributed by atoms with van der Waals surface area (Å²) >= 11 is 0. The summed E-state index contributed by atoms with van der Waals surface area (Å²) in [5.41, 5.74) is 0. The van der Waals surface area contributed by atoms with E-state index in [-0.39, 0.29) is 0 Å². The zero-order chi connectivity index (χ0) is 14.9. The first kappa shape index (κ1) is 20.2. The van der Waals surface area contributed by atoms with Crippen molar-refractivity contribution in [2.75, 3.05) is 13.1 Å². The van der Waals surface area contributed by atoms with E-state index < -0.39 is 0 Å². The smallest absolute Gasteiger partial charge is 0.00411 e. The number of nitrogens with zero attached hydrogens (tertiary/aromatic N) is 2. The van der Waals surface area contributed by atoms with Crippen LogP contribution in [-0.4, -0.2) is 47.1 Å². The Morgan fingerprint density at radius 3 is 0.667 bits per heavy atom. The van der Waals surface area contributed by atoms with Gasteiger partial charge in [0.25, 0.3) is 0 Å². The molecule has 0 aliphatic heterocycles. The number of hydrogen-bond acceptors (Lipinski definition) is 2. The standard InChI is InChI=1S/2C8H19N/c2*1-6-9(7(2)3)8(4)5/h2*7-8H,6H2,1-5H3. The Morgan fingerprint density at radius 1 is 0.500 bits per heavy atom. The molecular formula is C16H38N2. The van der Waals surface area contributed by atoms with Crippen LogP contribution in [0.2, 0.25) is 0 Å². The second kappa shape index (κ2) is 10.8. The van der Waals surface area contributed by atoms with Gasteiger partial charge in [0.2, 0.25) is 0 Å². The second-order valence-electron chi connectivity index (χ2n) is 6.04. The highest BCUT2D eigenvalue weighted by molar-refractivity contribution is 4.64. The lowest BCUT2D eigenvalue weighted by atomic mass is 10.2. The molecule has 0 spiro atoms. The first-order valence-electron chi connectivity index (χ1n) is 7.70. The van der Waals surface area contributed by atoms with Crippen molar-refractivity contribution in [1.29, 1.82) is 0 Å². The van der Waals surface area contributed by atoms with Crippen LogP contribution in [0, 0.1) is 0 Å². The van der Waals surface area contributed by atoms with Gasteiger partial charge in [-0.1, -0.05) is 13.8 Å². The Kier molecular flexibility index (Phi) is 12.2. The molecule has 0 aliphatic carbocycles. The fraction of sp³-hybridized carbons (Fsp3) is 1.00. The molecule has 0 heterocycles. The third-order valence-electron chi connectivity index (χ3n) is 3.38. The lowest BCUT2D eigenvalue weighted by Gasteiger charge is -2.28. The lowest BCUT2D eigenvalue weighted by molar-refractivity contribution is 0.185. The molecule has 0 unspecified atom stereocenters. The van der Waals surface area contributed by atoms with Gasteiger partial charge in [-0.15, -0.1) is 0 Å². The normalized spacial score (nSPS) is 12.0. The SMILES string of the molecule is CCN(C(C)C)C(C)C.CCN(C(C)C)C(C)C. The van der Waals surface area contributed by atoms with Gasteiger partial charge in [-0.3, -0.25) is 9.80 Å². The molecule has 0 aliphatic rings. The summed E-state index contributed by atoms with van der Waals surface area (Å²) in [7, 11) is 0. The van der Waals surface area contributed by atoms with Gasteiger partial charge in [-0.2, -0.15) is 0 Å². The summed E-state index contributed by atoms with van der Waals surface area (Å²) in [5, 5.41) is 0. The maximum atomic E-state index is 2.46. The van der Waals surface area contributed by atoms with Crippen molar-refractivity contribution in [2.45, 2.75) is 93.4 Å². The first-order chi connectivity index (χ1) is 8.18. The molecule has 18 heavy (non-hydrogen) atoms. The molecule has 0 aromatic heterocycles. The van der Waals surface area contributed by atoms with Gasteiger partial charge in [-0.25, -0.2) is 0 Å². The van der Waals surface area contributed by atoms with Crippen molar-refractivity contribution in [3.8, 4) is 0 Å². The van der Waals surface area contributed by atoms with E-state index in [0.29, 0.717) is 24.2 Å². The third kappa shape index (κ3) is 8.93. The van der Waals surface area contributed by atoms with E-state index >= 15 is 0 Å². The molecule has 0 N–H and O–H groups in total. The van der Waals surface area contributed by atoms with Crippen molar-refractivity contribution < 1.29 is 0 Å². The maximum Gasteiger partial charge on any atom is 0.00411 e. The largest absolute Gasteiger partial charge is 0.299 e. The van der Waals surface area contributed by atoms with Crippen LogP contribution in [0.3, 0.4) is 0 Å². The first-order valence-corrected chi connectivity index (χ1v) is 7.70. The average Bonchev–Trinajstić information content (AvgIpc) is 2.17. The van der Waals surface area contributed by atoms with Crippen molar-refractivity contribution in [1.82, 2.24) is 9.80 Å². The molecule has 0 atom stereocenters. The van der Waals surface area contributed by atoms with Crippen LogP contribution in [0.25, 0.3) is 0 Å². The average molecular weight is 258 g/mol. The summed E-state index contributed by atoms with van der Waals surface area (Å²) in [5.74, 6) is 0. The highest BCUT2D eigenvalue weighted by Crippen LogP contribution is 2.03. The molecule has 0 radical (unpaired) electrons. The van der Waals surface area contributed by atoms with E-state index in [9.17, 15) is 0 Å². The predicted octanol–water partition coefficient (Wildman–Crippen LogP) is 4.25. The number of hydrogen-bond donors (Lipinski definition) is 0. The molecule has 0 bridgehead atoms. The van der Waals surface area contributed by atoms with Gasteiger partial charge in [0, 0.05) is 24.2 Å². The Balaban J connectivity index is 0. The highest BCUT2D eigenvalue weighted by Gasteiger charge is 2.09. The minimum atomic E-state index is 0.690. The summed E-state index contributed by atoms with van der Waals surface area (Å²) in [6.45, 7) is 24.7. The van der Waals surface area contributed by atoms with E-state index in [1.165, 1.54) is 0 Å². The van der Waals surface area contributed by atoms with Crippen LogP contribution in [-0.2, 0) is 0 Å². The van der Waals surface area contributed by atoms with E-state index in [1.807, 2.05) is 0 Å². The maximum absolute atomic E-state index is 2.46. The highest BCUT2D eigenvalue weighted by atomic mass is 15.2. The molecule has 0 saturated carbocycles. The summed E-state index contributed by atoms with van der Waals surface area (Å²) in [4.78, 5) is 4.92. The van der Waals surface area contributed by atoms with Crippen LogP contribution in [0.1, 0.15) is 69.2 Å². The van der Waals surface area contributed by atoms with Crippen molar-refractivity contribution in [3.63, 3.8) is 0 Å². The van der Waals surface area contributed by atoms with Gasteiger partial charge in [0.1, 0.15) is 0 Å². The summed E-state index contributed by atoms with van der Waals surface area (Å²) in [6, 6.07) is 2.76. The predicted molar refractivity (Wildman–Crippen MR) is 85.3 cm³/mol. The molecule has 0 saturated heterocycles. The fourth-order valence-electron chi connectivity index (χ4n) is 2.65. The van der Waals surface area contributed by atoms with Gasteiger partial charge in [0.05, 0.1) is 0 Å². The molecule has 112 valence electrons. The molecule has 0 rings (SSSR count). The second-order valence-corrected chi connectivity index (χ2v) is 6.04. The fourth-order valence-corrected chi connectivity index (χ4v) is 2.65. The molecule has 0 aromatic rings. The Bertz CT molecular complexity index is 138. The summed E-state index contributed by atoms with van der Waals surface area (Å²) in [6.07, 6.45) is 0. The third-order valence-corrected chi connectivity index (χ3v) is 3.38. The van der Waals surface area contributed by atoms with Crippen molar-refractivity contribution in [2.24, 2.45) is 0 Å². The molecule has 2 nitrogen and oxygen atoms in total. The molecule has 0 aromatic carbocycles. The van der Waals surface area contributed by atoms with E-state index in [4.69, 9.17) is 0 Å². The van der Waals surface area contributed by atoms with Gasteiger partial charge in [-0.05, 0) is 68.5 Å². The van der Waals surface area contributed by atoms with Crippen LogP contribution in [0.15, 0.2) is 0 Å². The summed E-state index contributed by atoms with van der Waals surface area (Å²) < 4.78 is 0. The van der Waals surface area contributed by atoms with Crippen LogP contribution < -0.4 is 0 Å². The Hall–Kier alpha value is -0.0800. The van der Waals surface area contributed by atoms with Crippen molar-refractivity contribution >= 4 is 0 Å². The number of rotatable bonds is 6. The topological polar surface area (TPSA) is 6.48 Å². The molecular weight excluding hydrogens is 220 g/mol. The van der Waals surface area contributed by atoms with Crippen molar-refractivity contribution in [3.05, 3.63) is 0 Å². The van der Waals surface area contributed by atoms with Crippen LogP contribution in [0.5, 0.6) is 0 Å². The van der Waals surface area contributed by atoms with Crippen LogP contribution in [0.4, 0.5) is 0 Å². The monoisotopic (exact) mass is 258 g/mol. The zero-order valence-corrected chi connectivity index (χ0v) is 14.6. The van der Waals surface area contributed by atoms with E-state index in [1.54, 1.807) is 0 Å². The minimum Gasteiger partial charge on any atom is -0.299 e. The zero-order valence-electron chi connectivity index (χ0n) is 14.6. The van der Waals surface area contributed by atoms with E-state index in [2.05, 4.69) is 79.0 Å². The molecule has 2 heteroatoms. The van der Waals surface area contributed by atoms with Gasteiger partial charge < -0.3 is 0 Å². The van der Waals surface area contributed by atoms with Gasteiger partial charge in [0.15, 0.2) is 0 Å². The lowest BCUT2D eigenvalue weighted by Crippen LogP contribution is -2.36. The minimum absolute atomic E-state index is 0.690. The van der Waals surface area contributed by atoms with Crippen LogP contribution >= 0.6 is 0 Å². The van der Waals surface area contributed by atoms with E-state index in [0.717, 1.165) is 13.1 Å². The quantitative estimate of drug-likeness (QED) is 0.703. The molecule has 0 amide bonds. The Morgan fingerprint density at radius 2 is 0.667 bits per heavy atom. The van der Waals surface area contributed by atoms with Gasteiger partial charge >= 0.3 is 0 Å². The molecule has 0 fully saturated rings. The Labute approximate surface area is 117 Å².